The number of nitrogens with zero attached hydrogens (tertiary/aromatic N) is 2. The average Bonchev–Trinajstić information content (AvgIpc) is 3.35. The van der Waals surface area contributed by atoms with E-state index in [4.69, 9.17) is 9.15 Å². The first-order chi connectivity index (χ1) is 13.7. The summed E-state index contributed by atoms with van der Waals surface area (Å²) in [5.74, 6) is -1.43. The summed E-state index contributed by atoms with van der Waals surface area (Å²) in [5, 5.41) is 9.21. The summed E-state index contributed by atoms with van der Waals surface area (Å²) in [7, 11) is 0. The number of rotatable bonds is 3. The van der Waals surface area contributed by atoms with Crippen LogP contribution in [0.4, 0.5) is 20.9 Å². The SMILES string of the molecule is CC(C)(C)OC(=O)N(c1nc(C(=O)O)co1)c1c2c(c(F)c3c1CCC3)CCC2. The molecule has 1 N–H and O–H groups in total. The van der Waals surface area contributed by atoms with Crippen LogP contribution in [0.2, 0.25) is 0 Å². The molecule has 7 nitrogen and oxygen atoms in total. The lowest BCUT2D eigenvalue weighted by Crippen LogP contribution is -2.35. The molecule has 4 rings (SSSR count). The number of aromatic carboxylic acids is 1. The molecular weight excluding hydrogens is 379 g/mol. The molecule has 0 saturated carbocycles. The molecule has 2 aromatic rings. The summed E-state index contributed by atoms with van der Waals surface area (Å²) in [5.41, 5.74) is 2.19. The van der Waals surface area contributed by atoms with Crippen molar-refractivity contribution in [1.82, 2.24) is 4.98 Å². The monoisotopic (exact) mass is 402 g/mol. The quantitative estimate of drug-likeness (QED) is 0.809. The van der Waals surface area contributed by atoms with E-state index in [9.17, 15) is 14.7 Å². The summed E-state index contributed by atoms with van der Waals surface area (Å²) in [6.45, 7) is 5.21. The molecule has 0 unspecified atom stereocenters. The predicted molar refractivity (Wildman–Crippen MR) is 102 cm³/mol. The van der Waals surface area contributed by atoms with Crippen LogP contribution in [-0.4, -0.2) is 27.8 Å². The number of carboxylic acid groups (broad SMARTS) is 1. The van der Waals surface area contributed by atoms with Gasteiger partial charge in [-0.25, -0.2) is 14.0 Å². The molecule has 0 spiro atoms. The Kier molecular flexibility index (Phi) is 4.59. The first-order valence-electron chi connectivity index (χ1n) is 9.74. The lowest BCUT2D eigenvalue weighted by Gasteiger charge is -2.28. The molecule has 0 aliphatic heterocycles. The van der Waals surface area contributed by atoms with E-state index < -0.39 is 17.7 Å². The van der Waals surface area contributed by atoms with E-state index in [1.807, 2.05) is 0 Å². The topological polar surface area (TPSA) is 92.9 Å². The third kappa shape index (κ3) is 3.36. The van der Waals surface area contributed by atoms with Crippen molar-refractivity contribution in [1.29, 1.82) is 0 Å². The van der Waals surface area contributed by atoms with Gasteiger partial charge in [-0.3, -0.25) is 0 Å². The Morgan fingerprint density at radius 3 is 2.14 bits per heavy atom. The van der Waals surface area contributed by atoms with Crippen molar-refractivity contribution in [3.8, 4) is 0 Å². The highest BCUT2D eigenvalue weighted by Crippen LogP contribution is 2.45. The van der Waals surface area contributed by atoms with Crippen LogP contribution in [0.25, 0.3) is 0 Å². The number of benzene rings is 1. The van der Waals surface area contributed by atoms with E-state index in [1.165, 1.54) is 4.90 Å². The van der Waals surface area contributed by atoms with Gasteiger partial charge in [-0.05, 0) is 81.5 Å². The van der Waals surface area contributed by atoms with Crippen LogP contribution < -0.4 is 4.90 Å². The molecule has 2 aliphatic carbocycles. The summed E-state index contributed by atoms with van der Waals surface area (Å²) < 4.78 is 26.0. The molecule has 8 heteroatoms. The van der Waals surface area contributed by atoms with Crippen molar-refractivity contribution < 1.29 is 28.2 Å². The number of carbonyl (C=O) groups excluding carboxylic acids is 1. The zero-order valence-electron chi connectivity index (χ0n) is 16.7. The fourth-order valence-corrected chi connectivity index (χ4v) is 4.17. The van der Waals surface area contributed by atoms with Crippen LogP contribution in [0, 0.1) is 5.82 Å². The Balaban J connectivity index is 1.93. The fraction of sp³-hybridized carbons (Fsp3) is 0.476. The number of ether oxygens (including phenoxy) is 1. The number of anilines is 2. The normalized spacial score (nSPS) is 15.2. The molecule has 0 fully saturated rings. The van der Waals surface area contributed by atoms with E-state index in [2.05, 4.69) is 4.98 Å². The molecule has 0 saturated heterocycles. The minimum absolute atomic E-state index is 0.170. The molecule has 0 atom stereocenters. The number of fused-ring (bicyclic) bond motifs is 2. The van der Waals surface area contributed by atoms with E-state index in [-0.39, 0.29) is 17.5 Å². The minimum atomic E-state index is -1.27. The highest BCUT2D eigenvalue weighted by molar-refractivity contribution is 5.97. The standard InChI is InChI=1S/C21H23FN2O5/c1-21(2,3)29-20(27)24(19-23-15(10-28-19)18(25)26)17-13-8-4-6-11(13)16(22)12-7-5-9-14(12)17/h10H,4-9H2,1-3H3,(H,25,26). The maximum atomic E-state index is 15.1. The molecular formula is C21H23FN2O5. The molecule has 0 radical (unpaired) electrons. The summed E-state index contributed by atoms with van der Waals surface area (Å²) in [6.07, 6.45) is 4.30. The summed E-state index contributed by atoms with van der Waals surface area (Å²) in [6, 6.07) is -0.188. The Morgan fingerprint density at radius 1 is 1.10 bits per heavy atom. The molecule has 1 aromatic heterocycles. The van der Waals surface area contributed by atoms with E-state index in [1.54, 1.807) is 20.8 Å². The van der Waals surface area contributed by atoms with E-state index in [0.29, 0.717) is 42.5 Å². The third-order valence-electron chi connectivity index (χ3n) is 5.24. The number of aromatic nitrogens is 1. The van der Waals surface area contributed by atoms with Crippen molar-refractivity contribution in [2.75, 3.05) is 4.90 Å². The van der Waals surface area contributed by atoms with Crippen molar-refractivity contribution in [3.63, 3.8) is 0 Å². The average molecular weight is 402 g/mol. The van der Waals surface area contributed by atoms with Crippen molar-refractivity contribution in [3.05, 3.63) is 40.0 Å². The highest BCUT2D eigenvalue weighted by atomic mass is 19.1. The largest absolute Gasteiger partial charge is 0.476 e. The van der Waals surface area contributed by atoms with Gasteiger partial charge in [0.15, 0.2) is 5.69 Å². The Labute approximate surface area is 167 Å². The maximum absolute atomic E-state index is 15.1. The number of oxazole rings is 1. The Bertz CT molecular complexity index is 970. The van der Waals surface area contributed by atoms with Gasteiger partial charge in [0.1, 0.15) is 17.7 Å². The number of carboxylic acids is 1. The second kappa shape index (κ2) is 6.86. The van der Waals surface area contributed by atoms with Gasteiger partial charge < -0.3 is 14.3 Å². The summed E-state index contributed by atoms with van der Waals surface area (Å²) >= 11 is 0. The van der Waals surface area contributed by atoms with Crippen molar-refractivity contribution in [2.45, 2.75) is 64.9 Å². The van der Waals surface area contributed by atoms with Gasteiger partial charge >= 0.3 is 18.1 Å². The lowest BCUT2D eigenvalue weighted by atomic mass is 9.97. The van der Waals surface area contributed by atoms with Gasteiger partial charge in [0.05, 0.1) is 5.69 Å². The molecule has 0 bridgehead atoms. The maximum Gasteiger partial charge on any atom is 0.423 e. The first-order valence-corrected chi connectivity index (χ1v) is 9.74. The molecule has 29 heavy (non-hydrogen) atoms. The van der Waals surface area contributed by atoms with Gasteiger partial charge in [0, 0.05) is 0 Å². The molecule has 1 aromatic carbocycles. The van der Waals surface area contributed by atoms with Crippen LogP contribution in [0.1, 0.15) is 66.4 Å². The number of hydrogen-bond donors (Lipinski definition) is 1. The lowest BCUT2D eigenvalue weighted by molar-refractivity contribution is 0.0590. The van der Waals surface area contributed by atoms with Gasteiger partial charge in [0.2, 0.25) is 0 Å². The van der Waals surface area contributed by atoms with Crippen LogP contribution in [-0.2, 0) is 30.4 Å². The zero-order valence-corrected chi connectivity index (χ0v) is 16.7. The van der Waals surface area contributed by atoms with Crippen LogP contribution in [0.15, 0.2) is 10.7 Å². The van der Waals surface area contributed by atoms with Gasteiger partial charge in [-0.1, -0.05) is 0 Å². The van der Waals surface area contributed by atoms with Gasteiger partial charge in [-0.15, -0.1) is 0 Å². The van der Waals surface area contributed by atoms with Gasteiger partial charge in [0.25, 0.3) is 0 Å². The summed E-state index contributed by atoms with van der Waals surface area (Å²) in [4.78, 5) is 29.6. The number of hydrogen-bond acceptors (Lipinski definition) is 5. The first kappa shape index (κ1) is 19.4. The van der Waals surface area contributed by atoms with E-state index in [0.717, 1.165) is 30.2 Å². The smallest absolute Gasteiger partial charge is 0.423 e. The minimum Gasteiger partial charge on any atom is -0.476 e. The fourth-order valence-electron chi connectivity index (χ4n) is 4.17. The zero-order chi connectivity index (χ0) is 20.9. The Hall–Kier alpha value is -2.90. The Morgan fingerprint density at radius 2 is 1.66 bits per heavy atom. The van der Waals surface area contributed by atoms with Crippen molar-refractivity contribution in [2.24, 2.45) is 0 Å². The predicted octanol–water partition coefficient (Wildman–Crippen LogP) is 4.56. The van der Waals surface area contributed by atoms with E-state index >= 15 is 4.39 Å². The van der Waals surface area contributed by atoms with Gasteiger partial charge in [-0.2, -0.15) is 9.88 Å². The molecule has 1 heterocycles. The highest BCUT2D eigenvalue weighted by Gasteiger charge is 2.37. The third-order valence-corrected chi connectivity index (χ3v) is 5.24. The molecule has 2 aliphatic rings. The number of halogens is 1. The molecule has 154 valence electrons. The second-order valence-electron chi connectivity index (χ2n) is 8.42. The van der Waals surface area contributed by atoms with Crippen LogP contribution in [0.3, 0.4) is 0 Å². The van der Waals surface area contributed by atoms with Crippen LogP contribution in [0.5, 0.6) is 0 Å². The van der Waals surface area contributed by atoms with Crippen molar-refractivity contribution >= 4 is 23.8 Å². The number of amides is 1. The van der Waals surface area contributed by atoms with Crippen LogP contribution >= 0.6 is 0 Å². The number of carbonyl (C=O) groups is 2. The molecule has 1 amide bonds. The second-order valence-corrected chi connectivity index (χ2v) is 8.42.